The van der Waals surface area contributed by atoms with Gasteiger partial charge in [-0.1, -0.05) is 47.5 Å². The number of hydrogen-bond acceptors (Lipinski definition) is 3. The van der Waals surface area contributed by atoms with Gasteiger partial charge in [0.05, 0.1) is 5.41 Å². The molecule has 2 aromatic rings. The molecule has 0 aromatic heterocycles. The van der Waals surface area contributed by atoms with Crippen molar-refractivity contribution in [2.24, 2.45) is 5.41 Å². The Labute approximate surface area is 172 Å². The molecule has 0 spiro atoms. The Hall–Kier alpha value is -2.59. The van der Waals surface area contributed by atoms with Gasteiger partial charge in [0.1, 0.15) is 12.4 Å². The van der Waals surface area contributed by atoms with E-state index in [0.29, 0.717) is 13.2 Å². The average molecular weight is 392 g/mol. The molecule has 1 fully saturated rings. The number of aryl methyl sites for hydroxylation is 1. The first-order valence-corrected chi connectivity index (χ1v) is 10.3. The van der Waals surface area contributed by atoms with Gasteiger partial charge in [0.2, 0.25) is 0 Å². The molecule has 0 amide bonds. The number of rotatable bonds is 3. The van der Waals surface area contributed by atoms with E-state index in [0.717, 1.165) is 31.7 Å². The van der Waals surface area contributed by atoms with Crippen molar-refractivity contribution in [2.45, 2.75) is 40.2 Å². The standard InChI is InChI=1S/C25H29NO3/c1-17-8-9-20-19(14-17)15-29-22-7-5-4-6-21(22)23(20)18-10-12-26(13-11-18)16-25(2,3)24(27)28/h4-9,14H,10-13,15-16H2,1-3H3,(H,27,28). The van der Waals surface area contributed by atoms with Crippen LogP contribution >= 0.6 is 0 Å². The summed E-state index contributed by atoms with van der Waals surface area (Å²) in [5.74, 6) is 0.207. The van der Waals surface area contributed by atoms with Gasteiger partial charge in [-0.05, 0) is 56.4 Å². The van der Waals surface area contributed by atoms with Gasteiger partial charge in [0.25, 0.3) is 0 Å². The fourth-order valence-corrected chi connectivity index (χ4v) is 4.42. The Bertz CT molecular complexity index is 964. The number of para-hydroxylation sites is 1. The van der Waals surface area contributed by atoms with E-state index in [-0.39, 0.29) is 0 Å². The lowest BCUT2D eigenvalue weighted by atomic mass is 9.85. The highest BCUT2D eigenvalue weighted by molar-refractivity contribution is 5.87. The predicted molar refractivity (Wildman–Crippen MR) is 115 cm³/mol. The fraction of sp³-hybridized carbons (Fsp3) is 0.400. The third-order valence-electron chi connectivity index (χ3n) is 6.08. The summed E-state index contributed by atoms with van der Waals surface area (Å²) in [4.78, 5) is 13.8. The van der Waals surface area contributed by atoms with Crippen LogP contribution < -0.4 is 4.74 Å². The van der Waals surface area contributed by atoms with Gasteiger partial charge in [0.15, 0.2) is 0 Å². The zero-order chi connectivity index (χ0) is 20.6. The smallest absolute Gasteiger partial charge is 0.310 e. The quantitative estimate of drug-likeness (QED) is 0.809. The zero-order valence-corrected chi connectivity index (χ0v) is 17.5. The maximum atomic E-state index is 11.5. The predicted octanol–water partition coefficient (Wildman–Crippen LogP) is 4.90. The summed E-state index contributed by atoms with van der Waals surface area (Å²) in [5.41, 5.74) is 6.95. The highest BCUT2D eigenvalue weighted by atomic mass is 16.5. The number of carbonyl (C=O) groups is 1. The molecule has 1 N–H and O–H groups in total. The summed E-state index contributed by atoms with van der Waals surface area (Å²) in [6.07, 6.45) is 1.90. The van der Waals surface area contributed by atoms with E-state index >= 15 is 0 Å². The van der Waals surface area contributed by atoms with Gasteiger partial charge in [0, 0.05) is 25.2 Å². The summed E-state index contributed by atoms with van der Waals surface area (Å²) < 4.78 is 6.15. The monoisotopic (exact) mass is 391 g/mol. The Morgan fingerprint density at radius 1 is 1.10 bits per heavy atom. The van der Waals surface area contributed by atoms with Crippen LogP contribution in [0.15, 0.2) is 48.0 Å². The first kappa shape index (κ1) is 19.7. The fourth-order valence-electron chi connectivity index (χ4n) is 4.42. The molecule has 1 saturated heterocycles. The van der Waals surface area contributed by atoms with Gasteiger partial charge in [-0.3, -0.25) is 4.79 Å². The molecular weight excluding hydrogens is 362 g/mol. The highest BCUT2D eigenvalue weighted by Gasteiger charge is 2.31. The SMILES string of the molecule is Cc1ccc2c(c1)COc1ccccc1C2=C1CCN(CC(C)(C)C(=O)O)CC1. The second-order valence-electron chi connectivity index (χ2n) is 8.89. The van der Waals surface area contributed by atoms with Crippen LogP contribution in [0, 0.1) is 12.3 Å². The van der Waals surface area contributed by atoms with Crippen molar-refractivity contribution in [3.8, 4) is 5.75 Å². The Morgan fingerprint density at radius 3 is 2.55 bits per heavy atom. The highest BCUT2D eigenvalue weighted by Crippen LogP contribution is 2.41. The normalized spacial score (nSPS) is 17.2. The van der Waals surface area contributed by atoms with E-state index in [4.69, 9.17) is 4.74 Å². The molecule has 4 nitrogen and oxygen atoms in total. The lowest BCUT2D eigenvalue weighted by Gasteiger charge is -2.34. The minimum absolute atomic E-state index is 0.584. The second-order valence-corrected chi connectivity index (χ2v) is 8.89. The number of fused-ring (bicyclic) bond motifs is 2. The van der Waals surface area contributed by atoms with Crippen LogP contribution in [0.25, 0.3) is 5.57 Å². The van der Waals surface area contributed by atoms with Crippen LogP contribution in [0.2, 0.25) is 0 Å². The van der Waals surface area contributed by atoms with Gasteiger partial charge < -0.3 is 14.7 Å². The number of aliphatic carboxylic acids is 1. The van der Waals surface area contributed by atoms with Crippen molar-refractivity contribution in [1.29, 1.82) is 0 Å². The first-order chi connectivity index (χ1) is 13.8. The van der Waals surface area contributed by atoms with E-state index in [1.54, 1.807) is 13.8 Å². The minimum atomic E-state index is -0.735. The maximum Gasteiger partial charge on any atom is 0.310 e. The Morgan fingerprint density at radius 2 is 1.83 bits per heavy atom. The third kappa shape index (κ3) is 3.95. The number of likely N-dealkylation sites (tertiary alicyclic amines) is 1. The van der Waals surface area contributed by atoms with Crippen LogP contribution in [0.4, 0.5) is 0 Å². The number of hydrogen-bond donors (Lipinski definition) is 1. The van der Waals surface area contributed by atoms with Crippen LogP contribution in [0.3, 0.4) is 0 Å². The number of nitrogens with zero attached hydrogens (tertiary/aromatic N) is 1. The first-order valence-electron chi connectivity index (χ1n) is 10.3. The van der Waals surface area contributed by atoms with Crippen molar-refractivity contribution in [1.82, 2.24) is 4.90 Å². The van der Waals surface area contributed by atoms with E-state index < -0.39 is 11.4 Å². The van der Waals surface area contributed by atoms with E-state index in [1.807, 2.05) is 6.07 Å². The van der Waals surface area contributed by atoms with Crippen molar-refractivity contribution in [3.63, 3.8) is 0 Å². The second kappa shape index (κ2) is 7.68. The van der Waals surface area contributed by atoms with Crippen molar-refractivity contribution in [3.05, 3.63) is 70.3 Å². The summed E-state index contributed by atoms with van der Waals surface area (Å²) in [7, 11) is 0. The Balaban J connectivity index is 1.69. The van der Waals surface area contributed by atoms with Crippen LogP contribution in [-0.2, 0) is 11.4 Å². The van der Waals surface area contributed by atoms with E-state index in [1.165, 1.54) is 33.4 Å². The van der Waals surface area contributed by atoms with Crippen LogP contribution in [0.1, 0.15) is 48.9 Å². The summed E-state index contributed by atoms with van der Waals surface area (Å²) in [6, 6.07) is 15.0. The molecule has 4 heteroatoms. The van der Waals surface area contributed by atoms with Crippen molar-refractivity contribution < 1.29 is 14.6 Å². The lowest BCUT2D eigenvalue weighted by molar-refractivity contribution is -0.148. The molecule has 0 aliphatic carbocycles. The molecule has 2 aliphatic rings. The molecule has 0 atom stereocenters. The summed E-state index contributed by atoms with van der Waals surface area (Å²) >= 11 is 0. The molecule has 4 rings (SSSR count). The minimum Gasteiger partial charge on any atom is -0.488 e. The number of piperidine rings is 1. The lowest BCUT2D eigenvalue weighted by Crippen LogP contribution is -2.42. The molecular formula is C25H29NO3. The average Bonchev–Trinajstić information content (AvgIpc) is 2.85. The molecule has 0 radical (unpaired) electrons. The number of ether oxygens (including phenoxy) is 1. The van der Waals surface area contributed by atoms with Crippen LogP contribution in [-0.4, -0.2) is 35.6 Å². The van der Waals surface area contributed by atoms with E-state index in [9.17, 15) is 9.90 Å². The summed E-state index contributed by atoms with van der Waals surface area (Å²) in [5, 5.41) is 9.45. The van der Waals surface area contributed by atoms with Crippen molar-refractivity contribution in [2.75, 3.05) is 19.6 Å². The van der Waals surface area contributed by atoms with Crippen LogP contribution in [0.5, 0.6) is 5.75 Å². The molecule has 0 unspecified atom stereocenters. The number of carboxylic acid groups (broad SMARTS) is 1. The van der Waals surface area contributed by atoms with Crippen molar-refractivity contribution >= 4 is 11.5 Å². The summed E-state index contributed by atoms with van der Waals surface area (Å²) in [6.45, 7) is 8.68. The number of benzene rings is 2. The third-order valence-corrected chi connectivity index (χ3v) is 6.08. The van der Waals surface area contributed by atoms with Gasteiger partial charge in [-0.2, -0.15) is 0 Å². The molecule has 2 heterocycles. The van der Waals surface area contributed by atoms with Gasteiger partial charge in [-0.25, -0.2) is 0 Å². The molecule has 0 saturated carbocycles. The van der Waals surface area contributed by atoms with Gasteiger partial charge in [-0.15, -0.1) is 0 Å². The largest absolute Gasteiger partial charge is 0.488 e. The van der Waals surface area contributed by atoms with E-state index in [2.05, 4.69) is 48.2 Å². The molecule has 0 bridgehead atoms. The molecule has 2 aromatic carbocycles. The molecule has 29 heavy (non-hydrogen) atoms. The topological polar surface area (TPSA) is 49.8 Å². The molecule has 2 aliphatic heterocycles. The Kier molecular flexibility index (Phi) is 5.22. The maximum absolute atomic E-state index is 11.5. The van der Waals surface area contributed by atoms with Gasteiger partial charge >= 0.3 is 5.97 Å². The molecule has 152 valence electrons. The number of carboxylic acids is 1. The zero-order valence-electron chi connectivity index (χ0n) is 17.5.